The van der Waals surface area contributed by atoms with Gasteiger partial charge >= 0.3 is 5.97 Å². The van der Waals surface area contributed by atoms with Crippen molar-refractivity contribution in [1.82, 2.24) is 0 Å². The van der Waals surface area contributed by atoms with Gasteiger partial charge in [0.25, 0.3) is 0 Å². The fourth-order valence-electron chi connectivity index (χ4n) is 1.30. The summed E-state index contributed by atoms with van der Waals surface area (Å²) in [6.07, 6.45) is 0. The third-order valence-corrected chi connectivity index (χ3v) is 2.13. The molecular weight excluding hydrogens is 220 g/mol. The van der Waals surface area contributed by atoms with Gasteiger partial charge in [0.2, 0.25) is 0 Å². The van der Waals surface area contributed by atoms with Crippen LogP contribution in [0.25, 0.3) is 0 Å². The van der Waals surface area contributed by atoms with Crippen molar-refractivity contribution < 1.29 is 14.6 Å². The van der Waals surface area contributed by atoms with E-state index in [1.165, 1.54) is 14.0 Å². The number of nitriles is 1. The Bertz CT molecular complexity index is 501. The zero-order chi connectivity index (χ0) is 12.8. The lowest BCUT2D eigenvalue weighted by atomic mass is 10.2. The second kappa shape index (κ2) is 5.56. The molecule has 0 spiro atoms. The Kier molecular flexibility index (Phi) is 4.12. The van der Waals surface area contributed by atoms with E-state index in [-0.39, 0.29) is 11.3 Å². The van der Waals surface area contributed by atoms with Gasteiger partial charge < -0.3 is 15.2 Å². The first-order chi connectivity index (χ1) is 8.10. The molecule has 0 aliphatic carbocycles. The second-order valence-electron chi connectivity index (χ2n) is 3.24. The summed E-state index contributed by atoms with van der Waals surface area (Å²) in [5.74, 6) is -0.679. The highest BCUT2D eigenvalue weighted by Gasteiger charge is 2.11. The molecule has 0 radical (unpaired) electrons. The van der Waals surface area contributed by atoms with E-state index in [9.17, 15) is 4.79 Å². The molecular formula is C12H12N2O3. The number of hydrogen-bond acceptors (Lipinski definition) is 4. The number of anilines is 1. The molecule has 5 heteroatoms. The Morgan fingerprint density at radius 2 is 2.12 bits per heavy atom. The summed E-state index contributed by atoms with van der Waals surface area (Å²) in [6, 6.07) is 8.69. The van der Waals surface area contributed by atoms with Gasteiger partial charge in [0.1, 0.15) is 11.8 Å². The van der Waals surface area contributed by atoms with E-state index in [1.54, 1.807) is 30.3 Å². The number of hydrogen-bond donors (Lipinski definition) is 2. The molecule has 0 aliphatic heterocycles. The number of carbonyl (C=O) groups is 1. The molecule has 0 amide bonds. The predicted molar refractivity (Wildman–Crippen MR) is 62.6 cm³/mol. The standard InChI is InChI=1S/C12H12N2O3/c1-8(9(7-13)12(15)16)14-10-5-3-4-6-11(10)17-2/h3-6,14H,1-2H3,(H,15,16). The summed E-state index contributed by atoms with van der Waals surface area (Å²) in [6.45, 7) is 1.53. The van der Waals surface area contributed by atoms with Crippen LogP contribution in [0.2, 0.25) is 0 Å². The third-order valence-electron chi connectivity index (χ3n) is 2.13. The smallest absolute Gasteiger partial charge is 0.348 e. The lowest BCUT2D eigenvalue weighted by molar-refractivity contribution is -0.132. The number of carboxylic acids is 1. The SMILES string of the molecule is COc1ccccc1NC(C)=C(C#N)C(=O)O. The number of carboxylic acid groups (broad SMARTS) is 1. The van der Waals surface area contributed by atoms with Crippen molar-refractivity contribution in [3.05, 3.63) is 35.5 Å². The molecule has 17 heavy (non-hydrogen) atoms. The molecule has 0 saturated carbocycles. The maximum atomic E-state index is 10.8. The summed E-state index contributed by atoms with van der Waals surface area (Å²) in [5.41, 5.74) is 0.557. The first kappa shape index (κ1) is 12.6. The van der Waals surface area contributed by atoms with Gasteiger partial charge in [-0.2, -0.15) is 5.26 Å². The minimum absolute atomic E-state index is 0.268. The molecule has 0 fully saturated rings. The number of rotatable bonds is 4. The van der Waals surface area contributed by atoms with Crippen molar-refractivity contribution in [2.24, 2.45) is 0 Å². The normalized spacial score (nSPS) is 11.1. The van der Waals surface area contributed by atoms with Crippen LogP contribution in [-0.4, -0.2) is 18.2 Å². The molecule has 0 unspecified atom stereocenters. The molecule has 88 valence electrons. The highest BCUT2D eigenvalue weighted by Crippen LogP contribution is 2.25. The molecule has 2 N–H and O–H groups in total. The Balaban J connectivity index is 3.07. The van der Waals surface area contributed by atoms with E-state index in [0.717, 1.165) is 0 Å². The topological polar surface area (TPSA) is 82.3 Å². The van der Waals surface area contributed by atoms with Gasteiger partial charge in [0, 0.05) is 5.70 Å². The first-order valence-electron chi connectivity index (χ1n) is 4.84. The molecule has 1 aromatic rings. The molecule has 1 aromatic carbocycles. The Morgan fingerprint density at radius 3 is 2.65 bits per heavy atom. The Labute approximate surface area is 98.9 Å². The summed E-state index contributed by atoms with van der Waals surface area (Å²) in [5, 5.41) is 20.4. The number of aliphatic carboxylic acids is 1. The van der Waals surface area contributed by atoms with Gasteiger partial charge in [0.15, 0.2) is 5.57 Å². The van der Waals surface area contributed by atoms with Gasteiger partial charge in [-0.05, 0) is 19.1 Å². The van der Waals surface area contributed by atoms with Gasteiger partial charge in [-0.15, -0.1) is 0 Å². The van der Waals surface area contributed by atoms with Crippen LogP contribution < -0.4 is 10.1 Å². The van der Waals surface area contributed by atoms with E-state index in [2.05, 4.69) is 5.32 Å². The predicted octanol–water partition coefficient (Wildman–Crippen LogP) is 1.99. The average Bonchev–Trinajstić information content (AvgIpc) is 2.30. The second-order valence-corrected chi connectivity index (χ2v) is 3.24. The lowest BCUT2D eigenvalue weighted by Crippen LogP contribution is -2.07. The molecule has 0 saturated heterocycles. The van der Waals surface area contributed by atoms with Crippen LogP contribution in [-0.2, 0) is 4.79 Å². The fraction of sp³-hybridized carbons (Fsp3) is 0.167. The maximum absolute atomic E-state index is 10.8. The van der Waals surface area contributed by atoms with Crippen LogP contribution in [0.3, 0.4) is 0 Å². The number of nitrogens with zero attached hydrogens (tertiary/aromatic N) is 1. The van der Waals surface area contributed by atoms with Crippen molar-refractivity contribution in [3.8, 4) is 11.8 Å². The maximum Gasteiger partial charge on any atom is 0.348 e. The highest BCUT2D eigenvalue weighted by atomic mass is 16.5. The molecule has 0 aliphatic rings. The minimum Gasteiger partial charge on any atom is -0.495 e. The zero-order valence-corrected chi connectivity index (χ0v) is 9.52. The van der Waals surface area contributed by atoms with Crippen molar-refractivity contribution in [2.75, 3.05) is 12.4 Å². The molecule has 0 atom stereocenters. The van der Waals surface area contributed by atoms with Crippen LogP contribution in [0.5, 0.6) is 5.75 Å². The lowest BCUT2D eigenvalue weighted by Gasteiger charge is -2.11. The number of ether oxygens (including phenoxy) is 1. The minimum atomic E-state index is -1.26. The van der Waals surface area contributed by atoms with E-state index in [1.807, 2.05) is 0 Å². The molecule has 0 bridgehead atoms. The number of methoxy groups -OCH3 is 1. The van der Waals surface area contributed by atoms with Gasteiger partial charge in [-0.1, -0.05) is 12.1 Å². The summed E-state index contributed by atoms with van der Waals surface area (Å²) in [7, 11) is 1.52. The van der Waals surface area contributed by atoms with E-state index in [0.29, 0.717) is 11.4 Å². The van der Waals surface area contributed by atoms with Crippen molar-refractivity contribution in [2.45, 2.75) is 6.92 Å². The summed E-state index contributed by atoms with van der Waals surface area (Å²) >= 11 is 0. The number of nitrogens with one attached hydrogen (secondary N) is 1. The van der Waals surface area contributed by atoms with Crippen LogP contribution in [0, 0.1) is 11.3 Å². The molecule has 5 nitrogen and oxygen atoms in total. The van der Waals surface area contributed by atoms with Crippen LogP contribution >= 0.6 is 0 Å². The quantitative estimate of drug-likeness (QED) is 0.612. The summed E-state index contributed by atoms with van der Waals surface area (Å²) < 4.78 is 5.10. The van der Waals surface area contributed by atoms with E-state index in [4.69, 9.17) is 15.1 Å². The van der Waals surface area contributed by atoms with Crippen LogP contribution in [0.1, 0.15) is 6.92 Å². The Morgan fingerprint density at radius 1 is 1.47 bits per heavy atom. The molecule has 1 rings (SSSR count). The van der Waals surface area contributed by atoms with Gasteiger partial charge in [0.05, 0.1) is 12.8 Å². The Hall–Kier alpha value is -2.48. The van der Waals surface area contributed by atoms with E-state index >= 15 is 0 Å². The number of para-hydroxylation sites is 2. The van der Waals surface area contributed by atoms with Crippen LogP contribution in [0.4, 0.5) is 5.69 Å². The summed E-state index contributed by atoms with van der Waals surface area (Å²) in [4.78, 5) is 10.8. The monoisotopic (exact) mass is 232 g/mol. The zero-order valence-electron chi connectivity index (χ0n) is 9.52. The van der Waals surface area contributed by atoms with Crippen molar-refractivity contribution in [3.63, 3.8) is 0 Å². The first-order valence-corrected chi connectivity index (χ1v) is 4.84. The van der Waals surface area contributed by atoms with E-state index < -0.39 is 5.97 Å². The van der Waals surface area contributed by atoms with Gasteiger partial charge in [-0.25, -0.2) is 4.79 Å². The molecule has 0 aromatic heterocycles. The number of allylic oxidation sites excluding steroid dienone is 1. The van der Waals surface area contributed by atoms with Gasteiger partial charge in [-0.3, -0.25) is 0 Å². The van der Waals surface area contributed by atoms with Crippen LogP contribution in [0.15, 0.2) is 35.5 Å². The largest absolute Gasteiger partial charge is 0.495 e. The fourth-order valence-corrected chi connectivity index (χ4v) is 1.30. The third kappa shape index (κ3) is 2.98. The highest BCUT2D eigenvalue weighted by molar-refractivity contribution is 5.92. The molecule has 0 heterocycles. The van der Waals surface area contributed by atoms with Crippen molar-refractivity contribution in [1.29, 1.82) is 5.26 Å². The average molecular weight is 232 g/mol. The number of benzene rings is 1. The van der Waals surface area contributed by atoms with Crippen molar-refractivity contribution >= 4 is 11.7 Å².